The van der Waals surface area contributed by atoms with E-state index in [0.717, 1.165) is 21.3 Å². The molecule has 0 radical (unpaired) electrons. The third-order valence-electron chi connectivity index (χ3n) is 2.72. The molecule has 94 valence electrons. The van der Waals surface area contributed by atoms with Gasteiger partial charge < -0.3 is 10.5 Å². The summed E-state index contributed by atoms with van der Waals surface area (Å²) in [5, 5.41) is 0. The van der Waals surface area contributed by atoms with E-state index in [1.165, 1.54) is 0 Å². The van der Waals surface area contributed by atoms with Crippen LogP contribution in [0.5, 0.6) is 5.75 Å². The number of ether oxygens (including phenoxy) is 1. The van der Waals surface area contributed by atoms with Crippen molar-refractivity contribution in [1.82, 2.24) is 0 Å². The summed E-state index contributed by atoms with van der Waals surface area (Å²) in [6.45, 7) is 2.54. The van der Waals surface area contributed by atoms with Crippen molar-refractivity contribution < 1.29 is 4.74 Å². The average Bonchev–Trinajstić information content (AvgIpc) is 2.38. The summed E-state index contributed by atoms with van der Waals surface area (Å²) < 4.78 is 6.79. The molecule has 1 atom stereocenters. The van der Waals surface area contributed by atoms with Crippen LogP contribution in [0.25, 0.3) is 0 Å². The van der Waals surface area contributed by atoms with Crippen molar-refractivity contribution in [3.8, 4) is 5.75 Å². The third kappa shape index (κ3) is 3.59. The molecule has 0 saturated heterocycles. The number of hydrogen-bond donors (Lipinski definition) is 1. The molecule has 18 heavy (non-hydrogen) atoms. The second-order valence-electron chi connectivity index (χ2n) is 4.27. The van der Waals surface area contributed by atoms with Crippen LogP contribution in [-0.4, -0.2) is 0 Å². The number of rotatable bonds is 4. The highest BCUT2D eigenvalue weighted by Crippen LogP contribution is 2.18. The van der Waals surface area contributed by atoms with Gasteiger partial charge in [-0.05, 0) is 42.3 Å². The van der Waals surface area contributed by atoms with Crippen molar-refractivity contribution in [2.24, 2.45) is 5.73 Å². The van der Waals surface area contributed by atoms with Gasteiger partial charge in [0.2, 0.25) is 0 Å². The zero-order valence-corrected chi connectivity index (χ0v) is 11.9. The zero-order chi connectivity index (χ0) is 13.0. The maximum atomic E-state index is 5.80. The normalized spacial score (nSPS) is 12.2. The fourth-order valence-corrected chi connectivity index (χ4v) is 1.88. The molecule has 1 unspecified atom stereocenters. The largest absolute Gasteiger partial charge is 0.489 e. The maximum Gasteiger partial charge on any atom is 0.119 e. The van der Waals surface area contributed by atoms with Gasteiger partial charge in [-0.3, -0.25) is 0 Å². The van der Waals surface area contributed by atoms with E-state index in [1.807, 2.05) is 55.5 Å². The molecule has 0 aromatic heterocycles. The number of halogens is 1. The summed E-state index contributed by atoms with van der Waals surface area (Å²) in [7, 11) is 0. The first-order valence-corrected chi connectivity index (χ1v) is 6.67. The van der Waals surface area contributed by atoms with Gasteiger partial charge >= 0.3 is 0 Å². The molecule has 2 nitrogen and oxygen atoms in total. The van der Waals surface area contributed by atoms with Gasteiger partial charge in [0.15, 0.2) is 0 Å². The summed E-state index contributed by atoms with van der Waals surface area (Å²) in [6.07, 6.45) is 0. The van der Waals surface area contributed by atoms with Crippen molar-refractivity contribution in [1.29, 1.82) is 0 Å². The number of hydrogen-bond acceptors (Lipinski definition) is 2. The van der Waals surface area contributed by atoms with E-state index in [1.54, 1.807) is 0 Å². The van der Waals surface area contributed by atoms with Gasteiger partial charge in [-0.15, -0.1) is 0 Å². The Balaban J connectivity index is 1.95. The highest BCUT2D eigenvalue weighted by atomic mass is 79.9. The summed E-state index contributed by atoms with van der Waals surface area (Å²) in [5.74, 6) is 0.863. The van der Waals surface area contributed by atoms with Crippen LogP contribution < -0.4 is 10.5 Å². The minimum Gasteiger partial charge on any atom is -0.489 e. The highest BCUT2D eigenvalue weighted by Gasteiger charge is 2.00. The van der Waals surface area contributed by atoms with Crippen LogP contribution in [0.3, 0.4) is 0 Å². The van der Waals surface area contributed by atoms with E-state index < -0.39 is 0 Å². The van der Waals surface area contributed by atoms with E-state index >= 15 is 0 Å². The molecule has 0 bridgehead atoms. The van der Waals surface area contributed by atoms with Crippen LogP contribution in [0.2, 0.25) is 0 Å². The Morgan fingerprint density at radius 1 is 1.06 bits per heavy atom. The van der Waals surface area contributed by atoms with Crippen molar-refractivity contribution in [3.63, 3.8) is 0 Å². The van der Waals surface area contributed by atoms with Crippen molar-refractivity contribution in [2.45, 2.75) is 19.6 Å². The second kappa shape index (κ2) is 6.03. The first-order chi connectivity index (χ1) is 8.65. The molecule has 3 heteroatoms. The topological polar surface area (TPSA) is 35.2 Å². The lowest BCUT2D eigenvalue weighted by Gasteiger charge is -2.09. The van der Waals surface area contributed by atoms with Gasteiger partial charge in [-0.1, -0.05) is 40.2 Å². The Bertz CT molecular complexity index is 491. The first kappa shape index (κ1) is 13.1. The Hall–Kier alpha value is -1.32. The minimum absolute atomic E-state index is 0.0607. The van der Waals surface area contributed by atoms with Gasteiger partial charge in [-0.2, -0.15) is 0 Å². The standard InChI is InChI=1S/C15H16BrNO/c1-11(17)13-4-8-15(9-5-13)18-10-12-2-6-14(16)7-3-12/h2-9,11H,10,17H2,1H3. The maximum absolute atomic E-state index is 5.80. The summed E-state index contributed by atoms with van der Waals surface area (Å²) in [6, 6.07) is 16.1. The Morgan fingerprint density at radius 3 is 2.22 bits per heavy atom. The Labute approximate surface area is 116 Å². The molecular formula is C15H16BrNO. The molecule has 2 rings (SSSR count). The van der Waals surface area contributed by atoms with E-state index in [2.05, 4.69) is 15.9 Å². The molecule has 2 aromatic carbocycles. The highest BCUT2D eigenvalue weighted by molar-refractivity contribution is 9.10. The predicted molar refractivity (Wildman–Crippen MR) is 77.5 cm³/mol. The molecule has 0 aliphatic rings. The number of nitrogens with two attached hydrogens (primary N) is 1. The lowest BCUT2D eigenvalue weighted by molar-refractivity contribution is 0.306. The lowest BCUT2D eigenvalue weighted by Crippen LogP contribution is -2.04. The van der Waals surface area contributed by atoms with Crippen LogP contribution in [0.4, 0.5) is 0 Å². The van der Waals surface area contributed by atoms with Crippen LogP contribution in [0, 0.1) is 0 Å². The van der Waals surface area contributed by atoms with Crippen molar-refractivity contribution >= 4 is 15.9 Å². The zero-order valence-electron chi connectivity index (χ0n) is 10.3. The van der Waals surface area contributed by atoms with Crippen molar-refractivity contribution in [2.75, 3.05) is 0 Å². The summed E-state index contributed by atoms with van der Waals surface area (Å²) in [4.78, 5) is 0. The van der Waals surface area contributed by atoms with Crippen LogP contribution in [-0.2, 0) is 6.61 Å². The molecule has 2 aromatic rings. The van der Waals surface area contributed by atoms with Crippen molar-refractivity contribution in [3.05, 3.63) is 64.1 Å². The molecular weight excluding hydrogens is 290 g/mol. The van der Waals surface area contributed by atoms with Gasteiger partial charge in [0.25, 0.3) is 0 Å². The molecule has 0 fully saturated rings. The molecule has 0 aliphatic carbocycles. The SMILES string of the molecule is CC(N)c1ccc(OCc2ccc(Br)cc2)cc1. The molecule has 0 spiro atoms. The molecule has 0 heterocycles. The monoisotopic (exact) mass is 305 g/mol. The quantitative estimate of drug-likeness (QED) is 0.925. The fourth-order valence-electron chi connectivity index (χ4n) is 1.61. The molecule has 0 amide bonds. The van der Waals surface area contributed by atoms with E-state index in [0.29, 0.717) is 6.61 Å². The van der Waals surface area contributed by atoms with Gasteiger partial charge in [0.1, 0.15) is 12.4 Å². The third-order valence-corrected chi connectivity index (χ3v) is 3.25. The minimum atomic E-state index is 0.0607. The Morgan fingerprint density at radius 2 is 1.67 bits per heavy atom. The second-order valence-corrected chi connectivity index (χ2v) is 5.19. The first-order valence-electron chi connectivity index (χ1n) is 5.88. The van der Waals surface area contributed by atoms with Crippen LogP contribution in [0.15, 0.2) is 53.0 Å². The van der Waals surface area contributed by atoms with Gasteiger partial charge in [-0.25, -0.2) is 0 Å². The van der Waals surface area contributed by atoms with Gasteiger partial charge in [0, 0.05) is 10.5 Å². The predicted octanol–water partition coefficient (Wildman–Crippen LogP) is 4.05. The summed E-state index contributed by atoms with van der Waals surface area (Å²) in [5.41, 5.74) is 8.06. The molecule has 0 saturated carbocycles. The van der Waals surface area contributed by atoms with Crippen LogP contribution >= 0.6 is 15.9 Å². The summed E-state index contributed by atoms with van der Waals surface area (Å²) >= 11 is 3.41. The lowest BCUT2D eigenvalue weighted by atomic mass is 10.1. The van der Waals surface area contributed by atoms with E-state index in [-0.39, 0.29) is 6.04 Å². The van der Waals surface area contributed by atoms with E-state index in [4.69, 9.17) is 10.5 Å². The van der Waals surface area contributed by atoms with Crippen LogP contribution in [0.1, 0.15) is 24.1 Å². The number of benzene rings is 2. The van der Waals surface area contributed by atoms with E-state index in [9.17, 15) is 0 Å². The smallest absolute Gasteiger partial charge is 0.119 e. The molecule has 2 N–H and O–H groups in total. The fraction of sp³-hybridized carbons (Fsp3) is 0.200. The van der Waals surface area contributed by atoms with Gasteiger partial charge in [0.05, 0.1) is 0 Å². The Kier molecular flexibility index (Phi) is 4.39. The average molecular weight is 306 g/mol. The molecule has 0 aliphatic heterocycles.